The van der Waals surface area contributed by atoms with E-state index < -0.39 is 0 Å². The highest BCUT2D eigenvalue weighted by Gasteiger charge is 2.18. The fourth-order valence-corrected chi connectivity index (χ4v) is 3.46. The molecule has 3 rings (SSSR count). The molecule has 6 nitrogen and oxygen atoms in total. The predicted molar refractivity (Wildman–Crippen MR) is 107 cm³/mol. The van der Waals surface area contributed by atoms with E-state index in [0.717, 1.165) is 33.7 Å². The highest BCUT2D eigenvalue weighted by molar-refractivity contribution is 5.90. The van der Waals surface area contributed by atoms with Crippen molar-refractivity contribution < 1.29 is 9.47 Å². The van der Waals surface area contributed by atoms with Crippen molar-refractivity contribution in [3.63, 3.8) is 0 Å². The molecule has 0 aliphatic heterocycles. The first-order valence-corrected chi connectivity index (χ1v) is 8.91. The zero-order valence-electron chi connectivity index (χ0n) is 16.7. The van der Waals surface area contributed by atoms with Gasteiger partial charge in [-0.3, -0.25) is 14.3 Å². The third kappa shape index (κ3) is 3.32. The van der Waals surface area contributed by atoms with E-state index in [4.69, 9.17) is 9.47 Å². The summed E-state index contributed by atoms with van der Waals surface area (Å²) in [7, 11) is 3.30. The van der Waals surface area contributed by atoms with Crippen LogP contribution < -0.4 is 10.3 Å². The summed E-state index contributed by atoms with van der Waals surface area (Å²) in [5.74, 6) is 0.839. The van der Waals surface area contributed by atoms with E-state index in [1.54, 1.807) is 31.9 Å². The Bertz CT molecular complexity index is 1060. The van der Waals surface area contributed by atoms with Gasteiger partial charge in [-0.1, -0.05) is 0 Å². The molecule has 1 atom stereocenters. The molecule has 27 heavy (non-hydrogen) atoms. The van der Waals surface area contributed by atoms with Gasteiger partial charge in [0, 0.05) is 18.9 Å². The minimum Gasteiger partial charge on any atom is -0.496 e. The molecular weight excluding hydrogens is 342 g/mol. The zero-order chi connectivity index (χ0) is 19.7. The monoisotopic (exact) mass is 367 g/mol. The second-order valence-electron chi connectivity index (χ2n) is 6.84. The van der Waals surface area contributed by atoms with Crippen molar-refractivity contribution in [2.75, 3.05) is 20.8 Å². The van der Waals surface area contributed by atoms with Gasteiger partial charge in [-0.05, 0) is 57.0 Å². The minimum atomic E-state index is -0.111. The van der Waals surface area contributed by atoms with Gasteiger partial charge < -0.3 is 9.47 Å². The maximum absolute atomic E-state index is 12.8. The molecule has 1 aromatic carbocycles. The Morgan fingerprint density at radius 3 is 2.56 bits per heavy atom. The van der Waals surface area contributed by atoms with Crippen LogP contribution in [0, 0.1) is 20.8 Å². The summed E-state index contributed by atoms with van der Waals surface area (Å²) in [4.78, 5) is 22.0. The van der Waals surface area contributed by atoms with Gasteiger partial charge in [-0.2, -0.15) is 0 Å². The summed E-state index contributed by atoms with van der Waals surface area (Å²) in [5.41, 5.74) is 5.62. The lowest BCUT2D eigenvalue weighted by Crippen LogP contribution is -2.29. The standard InChI is InChI=1S/C21H25N3O3/c1-12-10-18(27-6)13(2)9-16(12)19-20-17(7-8-22-19)24(14(3)11-26-5)21(25)15(4)23-20/h7-10,14H,11H2,1-6H3/t14-/m1/s1. The SMILES string of the molecule is COC[C@@H](C)n1c(=O)c(C)nc2c(-c3cc(C)c(OC)cc3C)nccc21. The lowest BCUT2D eigenvalue weighted by molar-refractivity contribution is 0.162. The maximum Gasteiger partial charge on any atom is 0.272 e. The van der Waals surface area contributed by atoms with E-state index in [-0.39, 0.29) is 11.6 Å². The molecule has 2 aromatic heterocycles. The van der Waals surface area contributed by atoms with Crippen LogP contribution in [0.4, 0.5) is 0 Å². The summed E-state index contributed by atoms with van der Waals surface area (Å²) < 4.78 is 12.4. The van der Waals surface area contributed by atoms with Gasteiger partial charge in [-0.15, -0.1) is 0 Å². The number of aromatic nitrogens is 3. The third-order valence-corrected chi connectivity index (χ3v) is 4.82. The molecule has 0 fully saturated rings. The van der Waals surface area contributed by atoms with E-state index in [1.165, 1.54) is 0 Å². The van der Waals surface area contributed by atoms with Crippen LogP contribution >= 0.6 is 0 Å². The van der Waals surface area contributed by atoms with Crippen LogP contribution in [0.15, 0.2) is 29.2 Å². The van der Waals surface area contributed by atoms with Gasteiger partial charge >= 0.3 is 0 Å². The number of methoxy groups -OCH3 is 2. The van der Waals surface area contributed by atoms with E-state index in [9.17, 15) is 4.79 Å². The number of ether oxygens (including phenoxy) is 2. The molecule has 6 heteroatoms. The fourth-order valence-electron chi connectivity index (χ4n) is 3.46. The van der Waals surface area contributed by atoms with Crippen LogP contribution in [0.1, 0.15) is 29.8 Å². The second-order valence-corrected chi connectivity index (χ2v) is 6.84. The molecule has 2 heterocycles. The largest absolute Gasteiger partial charge is 0.496 e. The lowest BCUT2D eigenvalue weighted by atomic mass is 10.00. The number of hydrogen-bond acceptors (Lipinski definition) is 5. The minimum absolute atomic E-state index is 0.105. The molecule has 3 aromatic rings. The number of aryl methyl sites for hydroxylation is 3. The highest BCUT2D eigenvalue weighted by Crippen LogP contribution is 2.32. The van der Waals surface area contributed by atoms with E-state index >= 15 is 0 Å². The number of fused-ring (bicyclic) bond motifs is 1. The van der Waals surface area contributed by atoms with Crippen LogP contribution in [0.5, 0.6) is 5.75 Å². The molecule has 0 saturated carbocycles. The van der Waals surface area contributed by atoms with Crippen molar-refractivity contribution in [1.29, 1.82) is 0 Å². The second kappa shape index (κ2) is 7.48. The van der Waals surface area contributed by atoms with Crippen molar-refractivity contribution >= 4 is 11.0 Å². The average Bonchev–Trinajstić information content (AvgIpc) is 2.64. The molecular formula is C21H25N3O3. The van der Waals surface area contributed by atoms with Crippen LogP contribution in [-0.4, -0.2) is 35.4 Å². The molecule has 0 N–H and O–H groups in total. The number of benzene rings is 1. The highest BCUT2D eigenvalue weighted by atomic mass is 16.5. The summed E-state index contributed by atoms with van der Waals surface area (Å²) >= 11 is 0. The van der Waals surface area contributed by atoms with E-state index in [0.29, 0.717) is 17.8 Å². The van der Waals surface area contributed by atoms with E-state index in [1.807, 2.05) is 32.9 Å². The molecule has 0 radical (unpaired) electrons. The predicted octanol–water partition coefficient (Wildman–Crippen LogP) is 3.60. The van der Waals surface area contributed by atoms with Crippen LogP contribution in [-0.2, 0) is 4.74 Å². The maximum atomic E-state index is 12.8. The number of pyridine rings is 1. The van der Waals surface area contributed by atoms with Crippen molar-refractivity contribution in [3.8, 4) is 17.0 Å². The van der Waals surface area contributed by atoms with Crippen LogP contribution in [0.25, 0.3) is 22.3 Å². The third-order valence-electron chi connectivity index (χ3n) is 4.82. The number of hydrogen-bond donors (Lipinski definition) is 0. The molecule has 0 saturated heterocycles. The Morgan fingerprint density at radius 2 is 1.89 bits per heavy atom. The topological polar surface area (TPSA) is 66.2 Å². The number of rotatable bonds is 5. The normalized spacial score (nSPS) is 12.4. The molecule has 0 unspecified atom stereocenters. The first-order valence-electron chi connectivity index (χ1n) is 8.91. The van der Waals surface area contributed by atoms with Crippen molar-refractivity contribution in [2.45, 2.75) is 33.7 Å². The van der Waals surface area contributed by atoms with Crippen LogP contribution in [0.2, 0.25) is 0 Å². The molecule has 0 spiro atoms. The average molecular weight is 367 g/mol. The van der Waals surface area contributed by atoms with Crippen molar-refractivity contribution in [3.05, 3.63) is 51.6 Å². The van der Waals surface area contributed by atoms with Gasteiger partial charge in [0.25, 0.3) is 5.56 Å². The Balaban J connectivity index is 2.34. The Labute approximate surface area is 158 Å². The number of nitrogens with zero attached hydrogens (tertiary/aromatic N) is 3. The smallest absolute Gasteiger partial charge is 0.272 e. The zero-order valence-corrected chi connectivity index (χ0v) is 16.7. The fraction of sp³-hybridized carbons (Fsp3) is 0.381. The van der Waals surface area contributed by atoms with Gasteiger partial charge in [0.05, 0.1) is 31.0 Å². The Morgan fingerprint density at radius 1 is 1.15 bits per heavy atom. The van der Waals surface area contributed by atoms with Gasteiger partial charge in [0.2, 0.25) is 0 Å². The first kappa shape index (κ1) is 19.0. The summed E-state index contributed by atoms with van der Waals surface area (Å²) in [6.07, 6.45) is 1.73. The molecule has 0 amide bonds. The molecule has 142 valence electrons. The summed E-state index contributed by atoms with van der Waals surface area (Å²) in [5, 5.41) is 0. The van der Waals surface area contributed by atoms with Gasteiger partial charge in [0.1, 0.15) is 17.0 Å². The Hall–Kier alpha value is -2.73. The van der Waals surface area contributed by atoms with Crippen molar-refractivity contribution in [2.24, 2.45) is 0 Å². The van der Waals surface area contributed by atoms with Gasteiger partial charge in [0.15, 0.2) is 0 Å². The molecule has 0 bridgehead atoms. The van der Waals surface area contributed by atoms with E-state index in [2.05, 4.69) is 16.0 Å². The van der Waals surface area contributed by atoms with Crippen molar-refractivity contribution in [1.82, 2.24) is 14.5 Å². The summed E-state index contributed by atoms with van der Waals surface area (Å²) in [6, 6.07) is 5.79. The molecule has 0 aliphatic carbocycles. The van der Waals surface area contributed by atoms with Gasteiger partial charge in [-0.25, -0.2) is 4.98 Å². The van der Waals surface area contributed by atoms with Crippen LogP contribution in [0.3, 0.4) is 0 Å². The molecule has 0 aliphatic rings. The first-order chi connectivity index (χ1) is 12.9. The summed E-state index contributed by atoms with van der Waals surface area (Å²) in [6.45, 7) is 8.17. The lowest BCUT2D eigenvalue weighted by Gasteiger charge is -2.19. The Kier molecular flexibility index (Phi) is 5.28. The quantitative estimate of drug-likeness (QED) is 0.689.